The van der Waals surface area contributed by atoms with Crippen molar-refractivity contribution in [1.82, 2.24) is 9.88 Å². The summed E-state index contributed by atoms with van der Waals surface area (Å²) < 4.78 is 30.0. The van der Waals surface area contributed by atoms with E-state index in [2.05, 4.69) is 70.3 Å². The number of hydrogen-bond acceptors (Lipinski definition) is 2. The van der Waals surface area contributed by atoms with Crippen LogP contribution >= 0.6 is 0 Å². The van der Waals surface area contributed by atoms with Crippen molar-refractivity contribution in [3.63, 3.8) is 0 Å². The quantitative estimate of drug-likeness (QED) is 0.374. The Bertz CT molecular complexity index is 1410. The number of rotatable bonds is 5. The second-order valence-electron chi connectivity index (χ2n) is 8.89. The van der Waals surface area contributed by atoms with Gasteiger partial charge in [-0.25, -0.2) is 8.78 Å². The summed E-state index contributed by atoms with van der Waals surface area (Å²) in [6.07, 6.45) is 1.66. The molecule has 1 aromatic heterocycles. The van der Waals surface area contributed by atoms with Gasteiger partial charge in [0.05, 0.1) is 25.1 Å². The van der Waals surface area contributed by atoms with E-state index in [0.717, 1.165) is 45.5 Å². The van der Waals surface area contributed by atoms with Crippen molar-refractivity contribution >= 4 is 12.2 Å². The van der Waals surface area contributed by atoms with Crippen LogP contribution in [0.4, 0.5) is 8.78 Å². The number of amidine groups is 1. The van der Waals surface area contributed by atoms with Crippen LogP contribution in [0.3, 0.4) is 0 Å². The van der Waals surface area contributed by atoms with Crippen LogP contribution in [0.2, 0.25) is 0 Å². The summed E-state index contributed by atoms with van der Waals surface area (Å²) >= 11 is 0. The topological polar surface area (TPSA) is 41.7 Å². The molecule has 0 amide bonds. The zero-order valence-electron chi connectivity index (χ0n) is 19.7. The number of aliphatic imine (C=N–C) groups is 2. The predicted molar refractivity (Wildman–Crippen MR) is 137 cm³/mol. The number of aromatic nitrogens is 1. The third-order valence-electron chi connectivity index (χ3n) is 6.11. The second kappa shape index (κ2) is 9.66. The molecule has 4 aromatic rings. The van der Waals surface area contributed by atoms with Crippen LogP contribution < -0.4 is 5.32 Å². The molecule has 176 valence electrons. The maximum Gasteiger partial charge on any atom is 0.135 e. The van der Waals surface area contributed by atoms with Crippen molar-refractivity contribution in [3.05, 3.63) is 118 Å². The fourth-order valence-corrected chi connectivity index (χ4v) is 4.42. The van der Waals surface area contributed by atoms with Gasteiger partial charge in [-0.05, 0) is 48.7 Å². The molecular weight excluding hydrogens is 442 g/mol. The summed E-state index contributed by atoms with van der Waals surface area (Å²) in [6.45, 7) is 5.37. The van der Waals surface area contributed by atoms with Crippen molar-refractivity contribution in [1.29, 1.82) is 0 Å². The molecule has 1 N–H and O–H groups in total. The molecule has 0 radical (unpaired) electrons. The van der Waals surface area contributed by atoms with Gasteiger partial charge >= 0.3 is 0 Å². The molecule has 3 aromatic carbocycles. The van der Waals surface area contributed by atoms with E-state index in [1.165, 1.54) is 17.7 Å². The van der Waals surface area contributed by atoms with Gasteiger partial charge in [0.25, 0.3) is 0 Å². The van der Waals surface area contributed by atoms with Gasteiger partial charge in [-0.15, -0.1) is 0 Å². The van der Waals surface area contributed by atoms with Crippen LogP contribution in [-0.2, 0) is 19.6 Å². The van der Waals surface area contributed by atoms with Crippen molar-refractivity contribution in [2.24, 2.45) is 9.98 Å². The summed E-state index contributed by atoms with van der Waals surface area (Å²) in [5, 5.41) is 3.23. The van der Waals surface area contributed by atoms with Crippen LogP contribution in [0.25, 0.3) is 11.3 Å². The highest BCUT2D eigenvalue weighted by Crippen LogP contribution is 2.30. The highest BCUT2D eigenvalue weighted by atomic mass is 19.1. The zero-order chi connectivity index (χ0) is 24.4. The minimum absolute atomic E-state index is 0.313. The fourth-order valence-electron chi connectivity index (χ4n) is 4.42. The Morgan fingerprint density at radius 3 is 2.40 bits per heavy atom. The highest BCUT2D eigenvalue weighted by Gasteiger charge is 2.21. The first-order valence-electron chi connectivity index (χ1n) is 11.6. The average Bonchev–Trinajstić information content (AvgIpc) is 3.03. The van der Waals surface area contributed by atoms with E-state index in [0.29, 0.717) is 25.2 Å². The van der Waals surface area contributed by atoms with E-state index in [1.54, 1.807) is 6.34 Å². The zero-order valence-corrected chi connectivity index (χ0v) is 19.7. The van der Waals surface area contributed by atoms with Gasteiger partial charge in [0.15, 0.2) is 0 Å². The first kappa shape index (κ1) is 22.7. The molecular formula is C29H26F2N4. The lowest BCUT2D eigenvalue weighted by Gasteiger charge is -2.14. The third-order valence-corrected chi connectivity index (χ3v) is 6.11. The van der Waals surface area contributed by atoms with Crippen molar-refractivity contribution < 1.29 is 8.78 Å². The Morgan fingerprint density at radius 1 is 0.886 bits per heavy atom. The van der Waals surface area contributed by atoms with Crippen LogP contribution in [0.15, 0.2) is 82.8 Å². The number of hydrogen-bond donors (Lipinski definition) is 1. The molecule has 0 saturated carbocycles. The van der Waals surface area contributed by atoms with Gasteiger partial charge in [-0.2, -0.15) is 0 Å². The smallest absolute Gasteiger partial charge is 0.135 e. The van der Waals surface area contributed by atoms with E-state index in [9.17, 15) is 8.78 Å². The van der Waals surface area contributed by atoms with E-state index < -0.39 is 11.6 Å². The maximum absolute atomic E-state index is 14.0. The third kappa shape index (κ3) is 5.06. The first-order chi connectivity index (χ1) is 17.0. The number of aryl methyl sites for hydroxylation is 2. The van der Waals surface area contributed by atoms with Crippen LogP contribution in [0.5, 0.6) is 0 Å². The Kier molecular flexibility index (Phi) is 6.27. The highest BCUT2D eigenvalue weighted by molar-refractivity contribution is 6.07. The average molecular weight is 469 g/mol. The van der Waals surface area contributed by atoms with Crippen molar-refractivity contribution in [2.75, 3.05) is 0 Å². The minimum Gasteiger partial charge on any atom is -0.338 e. The number of fused-ring (bicyclic) bond motifs is 1. The Morgan fingerprint density at radius 2 is 1.66 bits per heavy atom. The molecule has 35 heavy (non-hydrogen) atoms. The first-order valence-corrected chi connectivity index (χ1v) is 11.6. The lowest BCUT2D eigenvalue weighted by Crippen LogP contribution is -2.22. The molecule has 0 saturated heterocycles. The number of nitrogens with one attached hydrogen (secondary N) is 1. The van der Waals surface area contributed by atoms with Crippen molar-refractivity contribution in [3.8, 4) is 11.3 Å². The molecule has 0 spiro atoms. The molecule has 2 heterocycles. The van der Waals surface area contributed by atoms with Gasteiger partial charge in [-0.1, -0.05) is 59.7 Å². The molecule has 1 aliphatic heterocycles. The summed E-state index contributed by atoms with van der Waals surface area (Å²) in [5.74, 6) is -0.453. The molecule has 4 nitrogen and oxygen atoms in total. The minimum atomic E-state index is -0.588. The SMILES string of the molecule is Cc1ccc(-c2cc3c(n2Cc2cc(F)cc(F)c2)CN=CNC3=NCc2cccc(C)c2)cc1. The second-order valence-corrected chi connectivity index (χ2v) is 8.89. The standard InChI is InChI=1S/C29H26F2N4/c1-19-6-8-23(9-7-19)27-14-26-28(35(27)17-22-11-24(30)13-25(31)12-22)16-32-18-34-29(26)33-15-21-5-3-4-20(2)10-21/h3-14,18H,15-17H2,1-2H3,(H,32,33,34). The van der Waals surface area contributed by atoms with E-state index in [1.807, 2.05) is 13.0 Å². The van der Waals surface area contributed by atoms with Gasteiger partial charge in [-0.3, -0.25) is 9.98 Å². The Hall–Kier alpha value is -4.06. The molecule has 0 aliphatic carbocycles. The van der Waals surface area contributed by atoms with Gasteiger partial charge in [0.1, 0.15) is 17.5 Å². The van der Waals surface area contributed by atoms with E-state index in [4.69, 9.17) is 4.99 Å². The summed E-state index contributed by atoms with van der Waals surface area (Å²) in [5.41, 5.74) is 7.85. The molecule has 0 fully saturated rings. The maximum atomic E-state index is 14.0. The molecule has 0 bridgehead atoms. The predicted octanol–water partition coefficient (Wildman–Crippen LogP) is 6.18. The van der Waals surface area contributed by atoms with E-state index in [-0.39, 0.29) is 0 Å². The number of nitrogens with zero attached hydrogens (tertiary/aromatic N) is 3. The van der Waals surface area contributed by atoms with Gasteiger partial charge in [0, 0.05) is 23.9 Å². The largest absolute Gasteiger partial charge is 0.338 e. The number of benzene rings is 3. The normalized spacial score (nSPS) is 14.0. The molecule has 0 atom stereocenters. The summed E-state index contributed by atoms with van der Waals surface area (Å²) in [7, 11) is 0. The molecule has 6 heteroatoms. The van der Waals surface area contributed by atoms with Crippen LogP contribution in [0.1, 0.15) is 33.5 Å². The Balaban J connectivity index is 1.62. The molecule has 1 aliphatic rings. The fraction of sp³-hybridized carbons (Fsp3) is 0.172. The van der Waals surface area contributed by atoms with Crippen LogP contribution in [0, 0.1) is 25.5 Å². The summed E-state index contributed by atoms with van der Waals surface area (Å²) in [4.78, 5) is 9.38. The van der Waals surface area contributed by atoms with Crippen molar-refractivity contribution in [2.45, 2.75) is 33.5 Å². The van der Waals surface area contributed by atoms with Gasteiger partial charge < -0.3 is 9.88 Å². The lowest BCUT2D eigenvalue weighted by molar-refractivity contribution is 0.577. The summed E-state index contributed by atoms with van der Waals surface area (Å²) in [6, 6.07) is 22.2. The number of halogens is 2. The molecule has 5 rings (SSSR count). The monoisotopic (exact) mass is 468 g/mol. The van der Waals surface area contributed by atoms with Crippen LogP contribution in [-0.4, -0.2) is 16.7 Å². The molecule has 0 unspecified atom stereocenters. The van der Waals surface area contributed by atoms with E-state index >= 15 is 0 Å². The Labute approximate surface area is 203 Å². The lowest BCUT2D eigenvalue weighted by atomic mass is 10.1. The van der Waals surface area contributed by atoms with Gasteiger partial charge in [0.2, 0.25) is 0 Å².